The van der Waals surface area contributed by atoms with Gasteiger partial charge < -0.3 is 9.47 Å². The van der Waals surface area contributed by atoms with Gasteiger partial charge in [0.1, 0.15) is 12.8 Å². The monoisotopic (exact) mass is 928 g/mol. The molecule has 318 valence electrons. The molecule has 0 aliphatic carbocycles. The Morgan fingerprint density at radius 3 is 1.54 bits per heavy atom. The SMILES string of the molecule is CC(=O)SCCOC(=O)P(=O)(OCCSC(C)=O)OCCSC(C)=O.CC(=O)SCCOP(=O)(OCCSC(C)=O)OC[C@@H]1CC[C@H](n2ccc(=O)[nH]c2=O)O1. The molecule has 1 aromatic rings. The van der Waals surface area contributed by atoms with Crippen LogP contribution < -0.4 is 11.2 Å². The maximum Gasteiger partial charge on any atom is 0.474 e. The van der Waals surface area contributed by atoms with Crippen molar-refractivity contribution < 1.29 is 70.0 Å². The highest BCUT2D eigenvalue weighted by Crippen LogP contribution is 2.51. The van der Waals surface area contributed by atoms with E-state index in [0.717, 1.165) is 58.8 Å². The van der Waals surface area contributed by atoms with Crippen molar-refractivity contribution in [1.29, 1.82) is 0 Å². The van der Waals surface area contributed by atoms with Crippen molar-refractivity contribution in [2.24, 2.45) is 0 Å². The van der Waals surface area contributed by atoms with Gasteiger partial charge in [-0.3, -0.25) is 60.9 Å². The Morgan fingerprint density at radius 2 is 1.11 bits per heavy atom. The Morgan fingerprint density at radius 1 is 0.679 bits per heavy atom. The minimum atomic E-state index is -4.20. The van der Waals surface area contributed by atoms with E-state index in [-0.39, 0.29) is 94.0 Å². The highest BCUT2D eigenvalue weighted by molar-refractivity contribution is 8.14. The van der Waals surface area contributed by atoms with Gasteiger partial charge in [-0.15, -0.1) is 0 Å². The summed E-state index contributed by atoms with van der Waals surface area (Å²) in [6.07, 6.45) is 1.32. The van der Waals surface area contributed by atoms with Gasteiger partial charge in [0.2, 0.25) is 0 Å². The molecule has 0 saturated carbocycles. The molecule has 2 heterocycles. The summed E-state index contributed by atoms with van der Waals surface area (Å²) in [7, 11) is -8.14. The summed E-state index contributed by atoms with van der Waals surface area (Å²) in [5.41, 5.74) is -2.24. The topological polar surface area (TPSA) is 256 Å². The van der Waals surface area contributed by atoms with E-state index in [1.54, 1.807) is 0 Å². The lowest BCUT2D eigenvalue weighted by atomic mass is 10.2. The molecule has 19 nitrogen and oxygen atoms in total. The number of nitrogens with one attached hydrogen (secondary N) is 1. The van der Waals surface area contributed by atoms with Crippen molar-refractivity contribution in [3.05, 3.63) is 33.1 Å². The molecule has 0 radical (unpaired) electrons. The van der Waals surface area contributed by atoms with Crippen LogP contribution in [0.15, 0.2) is 21.9 Å². The lowest BCUT2D eigenvalue weighted by molar-refractivity contribution is -0.109. The van der Waals surface area contributed by atoms with Crippen molar-refractivity contribution in [2.75, 3.05) is 68.4 Å². The van der Waals surface area contributed by atoms with Gasteiger partial charge in [-0.25, -0.2) is 18.7 Å². The summed E-state index contributed by atoms with van der Waals surface area (Å²) in [5, 5.41) is -0.599. The number of phosphoric acid groups is 1. The summed E-state index contributed by atoms with van der Waals surface area (Å²) in [4.78, 5) is 91.8. The summed E-state index contributed by atoms with van der Waals surface area (Å²) < 4.78 is 63.4. The van der Waals surface area contributed by atoms with E-state index in [2.05, 4.69) is 4.98 Å². The van der Waals surface area contributed by atoms with Crippen LogP contribution in [-0.2, 0) is 65.2 Å². The van der Waals surface area contributed by atoms with Gasteiger partial charge in [0, 0.05) is 75.6 Å². The molecule has 0 aromatic carbocycles. The van der Waals surface area contributed by atoms with Crippen LogP contribution >= 0.6 is 74.2 Å². The Kier molecular flexibility index (Phi) is 27.0. The zero-order valence-electron chi connectivity index (χ0n) is 31.3. The first-order chi connectivity index (χ1) is 26.4. The molecule has 26 heteroatoms. The fraction of sp³-hybridized carbons (Fsp3) is 0.667. The van der Waals surface area contributed by atoms with Crippen LogP contribution in [0.5, 0.6) is 0 Å². The first-order valence-electron chi connectivity index (χ1n) is 16.6. The number of carbonyl (C=O) groups excluding carboxylic acids is 6. The van der Waals surface area contributed by atoms with Crippen LogP contribution in [0.1, 0.15) is 53.7 Å². The Labute approximate surface area is 344 Å². The highest BCUT2D eigenvalue weighted by atomic mass is 32.2. The average molecular weight is 929 g/mol. The Hall–Kier alpha value is -1.53. The number of ether oxygens (including phenoxy) is 2. The van der Waals surface area contributed by atoms with Crippen molar-refractivity contribution in [3.8, 4) is 0 Å². The van der Waals surface area contributed by atoms with Crippen LogP contribution in [0.2, 0.25) is 0 Å². The van der Waals surface area contributed by atoms with Crippen molar-refractivity contribution >= 4 is 106 Å². The third kappa shape index (κ3) is 24.4. The number of H-pyrrole nitrogens is 1. The first kappa shape index (κ1) is 52.5. The minimum Gasteiger partial charge on any atom is -0.456 e. The molecule has 0 spiro atoms. The molecule has 2 atom stereocenters. The smallest absolute Gasteiger partial charge is 0.456 e. The molecule has 1 aliphatic rings. The largest absolute Gasteiger partial charge is 0.474 e. The van der Waals surface area contributed by atoms with Gasteiger partial charge in [0.15, 0.2) is 25.6 Å². The summed E-state index contributed by atoms with van der Waals surface area (Å²) in [5.74, 6) is 1.20. The number of hydrogen-bond acceptors (Lipinski definition) is 22. The van der Waals surface area contributed by atoms with Gasteiger partial charge in [0.05, 0.1) is 39.1 Å². The predicted octanol–water partition coefficient (Wildman–Crippen LogP) is 5.12. The number of phosphoric ester groups is 1. The Balaban J connectivity index is 0.000000575. The molecule has 1 fully saturated rings. The fourth-order valence-electron chi connectivity index (χ4n) is 3.84. The normalized spacial score (nSPS) is 15.4. The van der Waals surface area contributed by atoms with Crippen LogP contribution in [0.3, 0.4) is 0 Å². The van der Waals surface area contributed by atoms with Crippen LogP contribution in [0.25, 0.3) is 0 Å². The van der Waals surface area contributed by atoms with Crippen molar-refractivity contribution in [2.45, 2.75) is 59.8 Å². The van der Waals surface area contributed by atoms with Gasteiger partial charge in [-0.2, -0.15) is 0 Å². The van der Waals surface area contributed by atoms with Gasteiger partial charge in [-0.05, 0) is 12.8 Å². The fourth-order valence-corrected chi connectivity index (χ4v) is 9.01. The number of aromatic nitrogens is 2. The number of rotatable bonds is 24. The number of nitrogens with zero attached hydrogens (tertiary/aromatic N) is 1. The Bertz CT molecular complexity index is 1630. The molecule has 56 heavy (non-hydrogen) atoms. The van der Waals surface area contributed by atoms with Crippen LogP contribution in [0, 0.1) is 0 Å². The molecular weight excluding hydrogens is 883 g/mol. The third-order valence-electron chi connectivity index (χ3n) is 6.08. The maximum atomic E-state index is 12.9. The quantitative estimate of drug-likeness (QED) is 0.104. The van der Waals surface area contributed by atoms with Gasteiger partial charge in [0.25, 0.3) is 5.56 Å². The second-order valence-corrected chi connectivity index (χ2v) is 20.6. The average Bonchev–Trinajstić information content (AvgIpc) is 3.59. The molecule has 1 aromatic heterocycles. The highest BCUT2D eigenvalue weighted by Gasteiger charge is 2.37. The zero-order chi connectivity index (χ0) is 42.1. The molecular formula is C30H46N2O17P2S5. The molecule has 1 saturated heterocycles. The summed E-state index contributed by atoms with van der Waals surface area (Å²) >= 11 is 4.92. The van der Waals surface area contributed by atoms with Crippen LogP contribution in [-0.4, -0.2) is 115 Å². The second kappa shape index (κ2) is 28.8. The van der Waals surface area contributed by atoms with E-state index in [9.17, 15) is 47.5 Å². The van der Waals surface area contributed by atoms with E-state index < -0.39 is 44.7 Å². The van der Waals surface area contributed by atoms with Gasteiger partial charge in [-0.1, -0.05) is 58.8 Å². The lowest BCUT2D eigenvalue weighted by Gasteiger charge is -2.20. The summed E-state index contributed by atoms with van der Waals surface area (Å²) in [6.45, 7) is 6.40. The number of aromatic amines is 1. The van der Waals surface area contributed by atoms with E-state index >= 15 is 0 Å². The third-order valence-corrected chi connectivity index (χ3v) is 13.0. The van der Waals surface area contributed by atoms with Crippen molar-refractivity contribution in [3.63, 3.8) is 0 Å². The number of thioether (sulfide) groups is 5. The van der Waals surface area contributed by atoms with Gasteiger partial charge >= 0.3 is 26.8 Å². The van der Waals surface area contributed by atoms with E-state index in [4.69, 9.17) is 32.1 Å². The zero-order valence-corrected chi connectivity index (χ0v) is 37.2. The number of hydrogen-bond donors (Lipinski definition) is 1. The van der Waals surface area contributed by atoms with Crippen LogP contribution in [0.4, 0.5) is 4.79 Å². The standard InChI is InChI=1S/C17H25N2O9PS2.C13H21O8PS3/c1-12(20)30-9-7-25-29(24,26-8-10-31-13(2)21)27-11-14-3-4-16(28-14)19-6-5-15(22)18-17(19)23;1-10(14)23-7-4-19-13(17)22(18,20-5-8-24-11(2)15)21-6-9-25-12(3)16/h5-6,14,16H,3-4,7-11H2,1-2H3,(H,18,22,23);4-9H2,1-3H3/t14-,16+;/m0./s1. The second-order valence-electron chi connectivity index (χ2n) is 10.7. The summed E-state index contributed by atoms with van der Waals surface area (Å²) in [6, 6.07) is 1.22. The lowest BCUT2D eigenvalue weighted by Crippen LogP contribution is -2.31. The van der Waals surface area contributed by atoms with E-state index in [1.165, 1.54) is 51.4 Å². The minimum absolute atomic E-state index is 0.0255. The van der Waals surface area contributed by atoms with E-state index in [0.29, 0.717) is 12.8 Å². The predicted molar refractivity (Wildman–Crippen MR) is 216 cm³/mol. The molecule has 0 unspecified atom stereocenters. The molecule has 1 aliphatic heterocycles. The number of carbonyl (C=O) groups is 6. The van der Waals surface area contributed by atoms with Crippen molar-refractivity contribution in [1.82, 2.24) is 9.55 Å². The molecule has 0 amide bonds. The first-order valence-corrected chi connectivity index (χ1v) is 24.5. The molecule has 1 N–H and O–H groups in total. The maximum absolute atomic E-state index is 12.9. The molecule has 0 bridgehead atoms. The van der Waals surface area contributed by atoms with E-state index in [1.807, 2.05) is 0 Å². The molecule has 2 rings (SSSR count).